The van der Waals surface area contributed by atoms with Crippen molar-refractivity contribution in [3.8, 4) is 11.1 Å². The van der Waals surface area contributed by atoms with Crippen molar-refractivity contribution in [3.05, 3.63) is 59.1 Å². The standard InChI is InChI=1S/C14H11ClO2/c15-13-6-4-11(5-7-13)12-3-1-2-10(8-12)9-14(16)17/h1-8H,9H2,(H,16,17). The molecule has 0 radical (unpaired) electrons. The van der Waals surface area contributed by atoms with E-state index in [-0.39, 0.29) is 6.42 Å². The Morgan fingerprint density at radius 1 is 1.06 bits per heavy atom. The minimum atomic E-state index is -0.821. The molecule has 0 heterocycles. The van der Waals surface area contributed by atoms with E-state index in [9.17, 15) is 4.79 Å². The van der Waals surface area contributed by atoms with Gasteiger partial charge in [-0.3, -0.25) is 4.79 Å². The Morgan fingerprint density at radius 3 is 2.41 bits per heavy atom. The van der Waals surface area contributed by atoms with E-state index in [0.29, 0.717) is 5.02 Å². The SMILES string of the molecule is O=C(O)Cc1cccc(-c2ccc(Cl)cc2)c1. The van der Waals surface area contributed by atoms with Crippen LogP contribution in [0, 0.1) is 0 Å². The van der Waals surface area contributed by atoms with Crippen LogP contribution in [0.1, 0.15) is 5.56 Å². The molecule has 0 unspecified atom stereocenters. The molecule has 0 aromatic heterocycles. The predicted octanol–water partition coefficient (Wildman–Crippen LogP) is 3.63. The highest BCUT2D eigenvalue weighted by atomic mass is 35.5. The molecule has 0 bridgehead atoms. The van der Waals surface area contributed by atoms with E-state index in [1.54, 1.807) is 0 Å². The van der Waals surface area contributed by atoms with E-state index >= 15 is 0 Å². The molecule has 0 saturated heterocycles. The highest BCUT2D eigenvalue weighted by Gasteiger charge is 2.02. The number of carboxylic acid groups (broad SMARTS) is 1. The van der Waals surface area contributed by atoms with E-state index in [0.717, 1.165) is 16.7 Å². The molecule has 0 aliphatic carbocycles. The first-order valence-corrected chi connectivity index (χ1v) is 5.59. The number of carboxylic acids is 1. The van der Waals surface area contributed by atoms with Crippen LogP contribution in [0.15, 0.2) is 48.5 Å². The van der Waals surface area contributed by atoms with Gasteiger partial charge in [0, 0.05) is 5.02 Å². The van der Waals surface area contributed by atoms with E-state index in [1.165, 1.54) is 0 Å². The van der Waals surface area contributed by atoms with Crippen molar-refractivity contribution >= 4 is 17.6 Å². The molecule has 0 spiro atoms. The highest BCUT2D eigenvalue weighted by Crippen LogP contribution is 2.22. The lowest BCUT2D eigenvalue weighted by molar-refractivity contribution is -0.136. The number of carbonyl (C=O) groups is 1. The molecule has 0 aliphatic heterocycles. The third kappa shape index (κ3) is 3.08. The first-order valence-electron chi connectivity index (χ1n) is 5.22. The summed E-state index contributed by atoms with van der Waals surface area (Å²) in [6, 6.07) is 15.0. The maximum Gasteiger partial charge on any atom is 0.307 e. The predicted molar refractivity (Wildman–Crippen MR) is 68.2 cm³/mol. The van der Waals surface area contributed by atoms with Crippen molar-refractivity contribution in [2.75, 3.05) is 0 Å². The highest BCUT2D eigenvalue weighted by molar-refractivity contribution is 6.30. The van der Waals surface area contributed by atoms with Gasteiger partial charge in [0.1, 0.15) is 0 Å². The zero-order valence-corrected chi connectivity index (χ0v) is 9.82. The fourth-order valence-corrected chi connectivity index (χ4v) is 1.80. The normalized spacial score (nSPS) is 10.2. The van der Waals surface area contributed by atoms with E-state index in [2.05, 4.69) is 0 Å². The molecule has 86 valence electrons. The first kappa shape index (κ1) is 11.7. The Hall–Kier alpha value is -1.80. The smallest absolute Gasteiger partial charge is 0.307 e. The number of hydrogen-bond donors (Lipinski definition) is 1. The number of benzene rings is 2. The van der Waals surface area contributed by atoms with Crippen molar-refractivity contribution in [3.63, 3.8) is 0 Å². The molecule has 17 heavy (non-hydrogen) atoms. The van der Waals surface area contributed by atoms with Crippen LogP contribution in [0.5, 0.6) is 0 Å². The lowest BCUT2D eigenvalue weighted by Gasteiger charge is -2.04. The number of hydrogen-bond acceptors (Lipinski definition) is 1. The Morgan fingerprint density at radius 2 is 1.76 bits per heavy atom. The van der Waals surface area contributed by atoms with Crippen LogP contribution in [0.25, 0.3) is 11.1 Å². The summed E-state index contributed by atoms with van der Waals surface area (Å²) in [5.74, 6) is -0.821. The second kappa shape index (κ2) is 5.02. The number of rotatable bonds is 3. The lowest BCUT2D eigenvalue weighted by atomic mass is 10.0. The third-order valence-corrected chi connectivity index (χ3v) is 2.71. The van der Waals surface area contributed by atoms with Crippen LogP contribution in [0.2, 0.25) is 5.02 Å². The van der Waals surface area contributed by atoms with E-state index < -0.39 is 5.97 Å². The maximum absolute atomic E-state index is 10.6. The van der Waals surface area contributed by atoms with Gasteiger partial charge in [0.25, 0.3) is 0 Å². The summed E-state index contributed by atoms with van der Waals surface area (Å²) in [5, 5.41) is 9.44. The van der Waals surface area contributed by atoms with Crippen molar-refractivity contribution < 1.29 is 9.90 Å². The van der Waals surface area contributed by atoms with Gasteiger partial charge >= 0.3 is 5.97 Å². The minimum Gasteiger partial charge on any atom is -0.481 e. The van der Waals surface area contributed by atoms with Crippen LogP contribution in [-0.2, 0) is 11.2 Å². The van der Waals surface area contributed by atoms with Gasteiger partial charge in [0.15, 0.2) is 0 Å². The quantitative estimate of drug-likeness (QED) is 0.898. The molecule has 2 aromatic rings. The molecule has 1 N–H and O–H groups in total. The van der Waals surface area contributed by atoms with Crippen molar-refractivity contribution in [2.45, 2.75) is 6.42 Å². The molecule has 0 saturated carbocycles. The molecule has 2 rings (SSSR count). The van der Waals surface area contributed by atoms with Gasteiger partial charge in [0.05, 0.1) is 6.42 Å². The van der Waals surface area contributed by atoms with Crippen LogP contribution in [0.4, 0.5) is 0 Å². The second-order valence-corrected chi connectivity index (χ2v) is 4.21. The molecule has 3 heteroatoms. The summed E-state index contributed by atoms with van der Waals surface area (Å²) in [6.45, 7) is 0. The van der Waals surface area contributed by atoms with Crippen molar-refractivity contribution in [1.29, 1.82) is 0 Å². The minimum absolute atomic E-state index is 0.0431. The first-order chi connectivity index (χ1) is 8.15. The Labute approximate surface area is 104 Å². The molecular formula is C14H11ClO2. The van der Waals surface area contributed by atoms with E-state index in [4.69, 9.17) is 16.7 Å². The van der Waals surface area contributed by atoms with Gasteiger partial charge in [0.2, 0.25) is 0 Å². The van der Waals surface area contributed by atoms with Gasteiger partial charge < -0.3 is 5.11 Å². The van der Waals surface area contributed by atoms with Gasteiger partial charge in [-0.2, -0.15) is 0 Å². The molecule has 2 aromatic carbocycles. The van der Waals surface area contributed by atoms with Crippen LogP contribution in [0.3, 0.4) is 0 Å². The Balaban J connectivity index is 2.32. The van der Waals surface area contributed by atoms with Gasteiger partial charge in [-0.05, 0) is 28.8 Å². The summed E-state index contributed by atoms with van der Waals surface area (Å²) in [6.07, 6.45) is 0.0431. The van der Waals surface area contributed by atoms with E-state index in [1.807, 2.05) is 48.5 Å². The molecule has 0 fully saturated rings. The second-order valence-electron chi connectivity index (χ2n) is 3.78. The number of aliphatic carboxylic acids is 1. The molecule has 0 amide bonds. The summed E-state index contributed by atoms with van der Waals surface area (Å²) < 4.78 is 0. The van der Waals surface area contributed by atoms with Gasteiger partial charge in [-0.15, -0.1) is 0 Å². The summed E-state index contributed by atoms with van der Waals surface area (Å²) in [5.41, 5.74) is 2.83. The molecule has 0 atom stereocenters. The summed E-state index contributed by atoms with van der Waals surface area (Å²) in [7, 11) is 0. The maximum atomic E-state index is 10.6. The van der Waals surface area contributed by atoms with Crippen molar-refractivity contribution in [2.24, 2.45) is 0 Å². The Kier molecular flexibility index (Phi) is 3.45. The van der Waals surface area contributed by atoms with Crippen LogP contribution in [-0.4, -0.2) is 11.1 Å². The summed E-state index contributed by atoms with van der Waals surface area (Å²) >= 11 is 5.82. The topological polar surface area (TPSA) is 37.3 Å². The zero-order chi connectivity index (χ0) is 12.3. The fraction of sp³-hybridized carbons (Fsp3) is 0.0714. The van der Waals surface area contributed by atoms with Gasteiger partial charge in [-0.25, -0.2) is 0 Å². The number of halogens is 1. The molecular weight excluding hydrogens is 236 g/mol. The van der Waals surface area contributed by atoms with Crippen LogP contribution >= 0.6 is 11.6 Å². The average molecular weight is 247 g/mol. The average Bonchev–Trinajstić information content (AvgIpc) is 2.29. The third-order valence-electron chi connectivity index (χ3n) is 2.46. The van der Waals surface area contributed by atoms with Gasteiger partial charge in [-0.1, -0.05) is 48.0 Å². The van der Waals surface area contributed by atoms with Crippen LogP contribution < -0.4 is 0 Å². The Bertz CT molecular complexity index is 532. The largest absolute Gasteiger partial charge is 0.481 e. The zero-order valence-electron chi connectivity index (χ0n) is 9.06. The molecule has 2 nitrogen and oxygen atoms in total. The van der Waals surface area contributed by atoms with Crippen molar-refractivity contribution in [1.82, 2.24) is 0 Å². The lowest BCUT2D eigenvalue weighted by Crippen LogP contribution is -1.99. The fourth-order valence-electron chi connectivity index (χ4n) is 1.68. The monoisotopic (exact) mass is 246 g/mol. The molecule has 0 aliphatic rings. The summed E-state index contributed by atoms with van der Waals surface area (Å²) in [4.78, 5) is 10.6.